The van der Waals surface area contributed by atoms with E-state index >= 15 is 0 Å². The molecule has 0 spiro atoms. The molecule has 0 amide bonds. The molecule has 0 aliphatic rings. The number of hydrogen-bond donors (Lipinski definition) is 1. The normalized spacial score (nSPS) is 11.0. The van der Waals surface area contributed by atoms with Crippen LogP contribution in [-0.4, -0.2) is 15.6 Å². The van der Waals surface area contributed by atoms with E-state index in [1.54, 1.807) is 18.2 Å². The SMILES string of the molecule is CCc1ccc2c(c1)cc(-c1ccccc1)n2-c1cccc(C(=O)O)c1. The van der Waals surface area contributed by atoms with Crippen LogP contribution in [0.2, 0.25) is 0 Å². The van der Waals surface area contributed by atoms with Gasteiger partial charge in [0, 0.05) is 11.1 Å². The van der Waals surface area contributed by atoms with Crippen LogP contribution in [0, 0.1) is 0 Å². The van der Waals surface area contributed by atoms with Crippen molar-refractivity contribution in [3.05, 3.63) is 90.0 Å². The fourth-order valence-electron chi connectivity index (χ4n) is 3.36. The summed E-state index contributed by atoms with van der Waals surface area (Å²) in [4.78, 5) is 11.4. The first-order valence-corrected chi connectivity index (χ1v) is 8.71. The van der Waals surface area contributed by atoms with Gasteiger partial charge in [-0.15, -0.1) is 0 Å². The molecule has 1 heterocycles. The first kappa shape index (κ1) is 16.2. The standard InChI is InChI=1S/C23H19NO2/c1-2-16-11-12-21-19(13-16)15-22(17-7-4-3-5-8-17)24(21)20-10-6-9-18(14-20)23(25)26/h3-15H,2H2,1H3,(H,25,26). The van der Waals surface area contributed by atoms with E-state index in [1.165, 1.54) is 5.56 Å². The number of carboxylic acids is 1. The molecule has 0 fully saturated rings. The third-order valence-electron chi connectivity index (χ3n) is 4.70. The number of rotatable bonds is 4. The zero-order chi connectivity index (χ0) is 18.1. The summed E-state index contributed by atoms with van der Waals surface area (Å²) < 4.78 is 2.14. The van der Waals surface area contributed by atoms with Gasteiger partial charge in [0.05, 0.1) is 16.8 Å². The van der Waals surface area contributed by atoms with Crippen molar-refractivity contribution < 1.29 is 9.90 Å². The predicted octanol–water partition coefficient (Wildman–Crippen LogP) is 5.56. The molecule has 26 heavy (non-hydrogen) atoms. The fourth-order valence-corrected chi connectivity index (χ4v) is 3.36. The number of hydrogen-bond acceptors (Lipinski definition) is 1. The minimum Gasteiger partial charge on any atom is -0.478 e. The quantitative estimate of drug-likeness (QED) is 0.528. The number of aromatic carboxylic acids is 1. The van der Waals surface area contributed by atoms with Gasteiger partial charge >= 0.3 is 5.97 Å². The summed E-state index contributed by atoms with van der Waals surface area (Å²) in [5.74, 6) is -0.919. The van der Waals surface area contributed by atoms with E-state index in [0.29, 0.717) is 0 Å². The highest BCUT2D eigenvalue weighted by atomic mass is 16.4. The van der Waals surface area contributed by atoms with Crippen LogP contribution in [-0.2, 0) is 6.42 Å². The van der Waals surface area contributed by atoms with Gasteiger partial charge in [0.2, 0.25) is 0 Å². The Balaban J connectivity index is 2.02. The molecule has 0 unspecified atom stereocenters. The molecular weight excluding hydrogens is 322 g/mol. The first-order chi connectivity index (χ1) is 12.7. The summed E-state index contributed by atoms with van der Waals surface area (Å²) in [6.07, 6.45) is 0.982. The van der Waals surface area contributed by atoms with Gasteiger partial charge in [0.15, 0.2) is 0 Å². The molecule has 0 radical (unpaired) electrons. The van der Waals surface area contributed by atoms with E-state index in [0.717, 1.165) is 34.3 Å². The molecular formula is C23H19NO2. The molecule has 0 saturated carbocycles. The summed E-state index contributed by atoms with van der Waals surface area (Å²) in [7, 11) is 0. The van der Waals surface area contributed by atoms with Crippen LogP contribution in [0.1, 0.15) is 22.8 Å². The highest BCUT2D eigenvalue weighted by molar-refractivity contribution is 5.91. The Bertz CT molecular complexity index is 1090. The van der Waals surface area contributed by atoms with Crippen LogP contribution in [0.5, 0.6) is 0 Å². The molecule has 4 rings (SSSR count). The van der Waals surface area contributed by atoms with Crippen LogP contribution >= 0.6 is 0 Å². The maximum Gasteiger partial charge on any atom is 0.335 e. The second-order valence-electron chi connectivity index (χ2n) is 6.33. The largest absolute Gasteiger partial charge is 0.478 e. The molecule has 0 atom stereocenters. The van der Waals surface area contributed by atoms with E-state index in [9.17, 15) is 9.90 Å². The van der Waals surface area contributed by atoms with Crippen molar-refractivity contribution >= 4 is 16.9 Å². The molecule has 128 valence electrons. The zero-order valence-electron chi connectivity index (χ0n) is 14.5. The molecule has 0 aliphatic carbocycles. The summed E-state index contributed by atoms with van der Waals surface area (Å²) in [6, 6.07) is 25.9. The summed E-state index contributed by atoms with van der Waals surface area (Å²) >= 11 is 0. The third kappa shape index (κ3) is 2.78. The number of nitrogens with zero attached hydrogens (tertiary/aromatic N) is 1. The predicted molar refractivity (Wildman–Crippen MR) is 105 cm³/mol. The van der Waals surface area contributed by atoms with Crippen molar-refractivity contribution in [2.75, 3.05) is 0 Å². The molecule has 1 aromatic heterocycles. The van der Waals surface area contributed by atoms with Crippen LogP contribution in [0.15, 0.2) is 78.9 Å². The Morgan fingerprint density at radius 3 is 2.46 bits per heavy atom. The smallest absolute Gasteiger partial charge is 0.335 e. The van der Waals surface area contributed by atoms with Crippen LogP contribution < -0.4 is 0 Å². The highest BCUT2D eigenvalue weighted by Gasteiger charge is 2.14. The lowest BCUT2D eigenvalue weighted by molar-refractivity contribution is 0.0697. The lowest BCUT2D eigenvalue weighted by Crippen LogP contribution is -2.01. The van der Waals surface area contributed by atoms with Gasteiger partial charge in [-0.2, -0.15) is 0 Å². The van der Waals surface area contributed by atoms with Gasteiger partial charge in [-0.1, -0.05) is 49.4 Å². The number of carbonyl (C=O) groups is 1. The molecule has 0 bridgehead atoms. The maximum absolute atomic E-state index is 11.4. The fraction of sp³-hybridized carbons (Fsp3) is 0.0870. The van der Waals surface area contributed by atoms with E-state index in [4.69, 9.17) is 0 Å². The van der Waals surface area contributed by atoms with Crippen molar-refractivity contribution in [2.24, 2.45) is 0 Å². The lowest BCUT2D eigenvalue weighted by atomic mass is 10.1. The third-order valence-corrected chi connectivity index (χ3v) is 4.70. The second kappa shape index (κ2) is 6.52. The van der Waals surface area contributed by atoms with Crippen molar-refractivity contribution in [1.82, 2.24) is 4.57 Å². The monoisotopic (exact) mass is 341 g/mol. The summed E-state index contributed by atoms with van der Waals surface area (Å²) in [6.45, 7) is 2.15. The van der Waals surface area contributed by atoms with E-state index in [1.807, 2.05) is 24.3 Å². The molecule has 1 N–H and O–H groups in total. The Kier molecular flexibility index (Phi) is 4.05. The van der Waals surface area contributed by atoms with Crippen molar-refractivity contribution in [1.29, 1.82) is 0 Å². The van der Waals surface area contributed by atoms with Gasteiger partial charge in [-0.25, -0.2) is 4.79 Å². The molecule has 0 saturated heterocycles. The number of aryl methyl sites for hydroxylation is 1. The van der Waals surface area contributed by atoms with Gasteiger partial charge in [-0.05, 0) is 53.9 Å². The Hall–Kier alpha value is -3.33. The maximum atomic E-state index is 11.4. The average Bonchev–Trinajstić information content (AvgIpc) is 3.07. The number of fused-ring (bicyclic) bond motifs is 1. The molecule has 3 heteroatoms. The molecule has 3 aromatic carbocycles. The van der Waals surface area contributed by atoms with Gasteiger partial charge in [-0.3, -0.25) is 0 Å². The van der Waals surface area contributed by atoms with E-state index in [2.05, 4.69) is 47.9 Å². The molecule has 4 aromatic rings. The topological polar surface area (TPSA) is 42.2 Å². The Morgan fingerprint density at radius 1 is 0.923 bits per heavy atom. The average molecular weight is 341 g/mol. The van der Waals surface area contributed by atoms with Crippen LogP contribution in [0.3, 0.4) is 0 Å². The van der Waals surface area contributed by atoms with Crippen molar-refractivity contribution in [2.45, 2.75) is 13.3 Å². The minimum absolute atomic E-state index is 0.286. The first-order valence-electron chi connectivity index (χ1n) is 8.71. The van der Waals surface area contributed by atoms with E-state index < -0.39 is 5.97 Å². The summed E-state index contributed by atoms with van der Waals surface area (Å²) in [5.41, 5.74) is 5.65. The lowest BCUT2D eigenvalue weighted by Gasteiger charge is -2.12. The number of aromatic nitrogens is 1. The number of benzene rings is 3. The highest BCUT2D eigenvalue weighted by Crippen LogP contribution is 2.32. The molecule has 0 aliphatic heterocycles. The van der Waals surface area contributed by atoms with Gasteiger partial charge in [0.1, 0.15) is 0 Å². The van der Waals surface area contributed by atoms with Crippen molar-refractivity contribution in [3.63, 3.8) is 0 Å². The van der Waals surface area contributed by atoms with Gasteiger partial charge < -0.3 is 9.67 Å². The van der Waals surface area contributed by atoms with Crippen LogP contribution in [0.4, 0.5) is 0 Å². The second-order valence-corrected chi connectivity index (χ2v) is 6.33. The van der Waals surface area contributed by atoms with Gasteiger partial charge in [0.25, 0.3) is 0 Å². The Morgan fingerprint density at radius 2 is 1.73 bits per heavy atom. The Labute approximate surface area is 152 Å². The number of carboxylic acid groups (broad SMARTS) is 1. The molecule has 3 nitrogen and oxygen atoms in total. The van der Waals surface area contributed by atoms with Crippen molar-refractivity contribution in [3.8, 4) is 16.9 Å². The zero-order valence-corrected chi connectivity index (χ0v) is 14.5. The van der Waals surface area contributed by atoms with E-state index in [-0.39, 0.29) is 5.56 Å². The van der Waals surface area contributed by atoms with Crippen LogP contribution in [0.25, 0.3) is 27.8 Å². The summed E-state index contributed by atoms with van der Waals surface area (Å²) in [5, 5.41) is 10.5. The minimum atomic E-state index is -0.919.